The number of rotatable bonds is 3. The van der Waals surface area contributed by atoms with Gasteiger partial charge >= 0.3 is 0 Å². The molecule has 0 amide bonds. The lowest BCUT2D eigenvalue weighted by Gasteiger charge is -2.18. The third-order valence-corrected chi connectivity index (χ3v) is 3.26. The Kier molecular flexibility index (Phi) is 3.75. The van der Waals surface area contributed by atoms with Crippen LogP contribution in [0, 0.1) is 5.92 Å². The van der Waals surface area contributed by atoms with Crippen molar-refractivity contribution >= 4 is 6.08 Å². The van der Waals surface area contributed by atoms with Gasteiger partial charge in [0, 0.05) is 5.92 Å². The van der Waals surface area contributed by atoms with E-state index in [0.29, 0.717) is 0 Å². The van der Waals surface area contributed by atoms with Crippen molar-refractivity contribution in [1.29, 1.82) is 0 Å². The van der Waals surface area contributed by atoms with Crippen LogP contribution in [0.15, 0.2) is 36.4 Å². The van der Waals surface area contributed by atoms with E-state index >= 15 is 0 Å². The van der Waals surface area contributed by atoms with Gasteiger partial charge in [0.25, 0.3) is 0 Å². The van der Waals surface area contributed by atoms with Gasteiger partial charge in [0.1, 0.15) is 0 Å². The van der Waals surface area contributed by atoms with E-state index in [2.05, 4.69) is 0 Å². The molecule has 1 aromatic carbocycles. The zero-order chi connectivity index (χ0) is 11.4. The van der Waals surface area contributed by atoms with Crippen LogP contribution in [0.5, 0.6) is 0 Å². The highest BCUT2D eigenvalue weighted by Gasteiger charge is 2.29. The van der Waals surface area contributed by atoms with E-state index in [0.717, 1.165) is 24.8 Å². The number of benzene rings is 1. The summed E-state index contributed by atoms with van der Waals surface area (Å²) in [6, 6.07) is 9.89. The Labute approximate surface area is 96.2 Å². The topological polar surface area (TPSA) is 40.5 Å². The molecule has 1 saturated carbocycles. The molecular weight excluding hydrogens is 200 g/mol. The molecule has 1 fully saturated rings. The molecule has 1 aliphatic rings. The highest BCUT2D eigenvalue weighted by Crippen LogP contribution is 2.29. The molecule has 0 saturated heterocycles. The second kappa shape index (κ2) is 5.28. The van der Waals surface area contributed by atoms with Gasteiger partial charge in [0.15, 0.2) is 0 Å². The fourth-order valence-electron chi connectivity index (χ4n) is 2.28. The number of aliphatic hydroxyl groups is 2. The van der Waals surface area contributed by atoms with Crippen LogP contribution < -0.4 is 0 Å². The molecule has 0 spiro atoms. The van der Waals surface area contributed by atoms with Crippen molar-refractivity contribution in [2.24, 2.45) is 5.92 Å². The molecule has 0 aliphatic heterocycles. The molecule has 2 heteroatoms. The molecule has 0 radical (unpaired) electrons. The van der Waals surface area contributed by atoms with Crippen LogP contribution in [0.1, 0.15) is 24.8 Å². The van der Waals surface area contributed by atoms with Crippen LogP contribution in [0.3, 0.4) is 0 Å². The molecule has 3 atom stereocenters. The minimum atomic E-state index is -0.530. The van der Waals surface area contributed by atoms with Gasteiger partial charge in [-0.3, -0.25) is 0 Å². The lowest BCUT2D eigenvalue weighted by molar-refractivity contribution is 0.0569. The summed E-state index contributed by atoms with van der Waals surface area (Å²) >= 11 is 0. The first-order chi connectivity index (χ1) is 7.77. The minimum absolute atomic E-state index is 0.0139. The fourth-order valence-corrected chi connectivity index (χ4v) is 2.28. The second-order valence-electron chi connectivity index (χ2n) is 4.42. The van der Waals surface area contributed by atoms with Gasteiger partial charge in [0.2, 0.25) is 0 Å². The van der Waals surface area contributed by atoms with E-state index in [4.69, 9.17) is 0 Å². The largest absolute Gasteiger partial charge is 0.393 e. The Morgan fingerprint density at radius 2 is 1.94 bits per heavy atom. The Bertz CT molecular complexity index is 345. The van der Waals surface area contributed by atoms with Crippen molar-refractivity contribution in [2.75, 3.05) is 0 Å². The van der Waals surface area contributed by atoms with Crippen LogP contribution in [0.2, 0.25) is 0 Å². The van der Waals surface area contributed by atoms with Crippen LogP contribution in [-0.2, 0) is 0 Å². The quantitative estimate of drug-likeness (QED) is 0.816. The summed E-state index contributed by atoms with van der Waals surface area (Å²) < 4.78 is 0. The molecule has 1 aliphatic carbocycles. The standard InChI is InChI=1S/C14H18O2/c15-13-8-4-7-12(13)14(16)10-9-11-5-2-1-3-6-11/h1-3,5-6,9-10,12-16H,4,7-8H2/b10-9+/t12-,13+,14+/m1/s1. The molecule has 0 unspecified atom stereocenters. The van der Waals surface area contributed by atoms with Gasteiger partial charge in [-0.2, -0.15) is 0 Å². The molecule has 16 heavy (non-hydrogen) atoms. The normalized spacial score (nSPS) is 27.4. The number of hydrogen-bond donors (Lipinski definition) is 2. The van der Waals surface area contributed by atoms with Crippen molar-refractivity contribution in [3.05, 3.63) is 42.0 Å². The maximum Gasteiger partial charge on any atom is 0.0776 e. The Balaban J connectivity index is 1.96. The van der Waals surface area contributed by atoms with Crippen LogP contribution in [0.4, 0.5) is 0 Å². The Morgan fingerprint density at radius 1 is 1.19 bits per heavy atom. The zero-order valence-corrected chi connectivity index (χ0v) is 9.29. The van der Waals surface area contributed by atoms with Crippen molar-refractivity contribution < 1.29 is 10.2 Å². The van der Waals surface area contributed by atoms with Crippen LogP contribution in [0.25, 0.3) is 6.08 Å². The molecule has 2 N–H and O–H groups in total. The van der Waals surface area contributed by atoms with Crippen LogP contribution >= 0.6 is 0 Å². The smallest absolute Gasteiger partial charge is 0.0776 e. The first-order valence-electron chi connectivity index (χ1n) is 5.87. The highest BCUT2D eigenvalue weighted by atomic mass is 16.3. The number of hydrogen-bond acceptors (Lipinski definition) is 2. The summed E-state index contributed by atoms with van der Waals surface area (Å²) in [6.07, 6.45) is 5.59. The van der Waals surface area contributed by atoms with E-state index in [1.807, 2.05) is 36.4 Å². The van der Waals surface area contributed by atoms with Crippen LogP contribution in [-0.4, -0.2) is 22.4 Å². The maximum atomic E-state index is 9.93. The monoisotopic (exact) mass is 218 g/mol. The SMILES string of the molecule is O[C@@H](/C=C/c1ccccc1)[C@@H]1CCC[C@@H]1O. The molecule has 2 nitrogen and oxygen atoms in total. The second-order valence-corrected chi connectivity index (χ2v) is 4.42. The third-order valence-electron chi connectivity index (χ3n) is 3.26. The predicted molar refractivity (Wildman–Crippen MR) is 64.8 cm³/mol. The first kappa shape index (κ1) is 11.4. The van der Waals surface area contributed by atoms with E-state index in [1.54, 1.807) is 6.08 Å². The third kappa shape index (κ3) is 2.71. The molecule has 0 aromatic heterocycles. The molecule has 86 valence electrons. The average Bonchev–Trinajstić information content (AvgIpc) is 2.74. The first-order valence-corrected chi connectivity index (χ1v) is 5.87. The number of aliphatic hydroxyl groups excluding tert-OH is 2. The minimum Gasteiger partial charge on any atom is -0.393 e. The zero-order valence-electron chi connectivity index (χ0n) is 9.29. The fraction of sp³-hybridized carbons (Fsp3) is 0.429. The lowest BCUT2D eigenvalue weighted by Crippen LogP contribution is -2.25. The molecule has 2 rings (SSSR count). The summed E-state index contributed by atoms with van der Waals surface area (Å²) in [4.78, 5) is 0. The Hall–Kier alpha value is -1.12. The van der Waals surface area contributed by atoms with Crippen molar-refractivity contribution in [1.82, 2.24) is 0 Å². The van der Waals surface area contributed by atoms with Gasteiger partial charge in [-0.1, -0.05) is 48.9 Å². The van der Waals surface area contributed by atoms with E-state index < -0.39 is 6.10 Å². The van der Waals surface area contributed by atoms with E-state index in [9.17, 15) is 10.2 Å². The van der Waals surface area contributed by atoms with E-state index in [1.165, 1.54) is 0 Å². The van der Waals surface area contributed by atoms with Gasteiger partial charge in [-0.25, -0.2) is 0 Å². The van der Waals surface area contributed by atoms with Gasteiger partial charge in [-0.05, 0) is 18.4 Å². The summed E-state index contributed by atoms with van der Waals surface area (Å²) in [5.41, 5.74) is 1.08. The van der Waals surface area contributed by atoms with Gasteiger partial charge in [0.05, 0.1) is 12.2 Å². The molecule has 1 aromatic rings. The summed E-state index contributed by atoms with van der Waals surface area (Å²) in [6.45, 7) is 0. The maximum absolute atomic E-state index is 9.93. The summed E-state index contributed by atoms with van der Waals surface area (Å²) in [5.74, 6) is 0.0139. The Morgan fingerprint density at radius 3 is 2.56 bits per heavy atom. The van der Waals surface area contributed by atoms with Gasteiger partial charge < -0.3 is 10.2 Å². The van der Waals surface area contributed by atoms with Crippen molar-refractivity contribution in [2.45, 2.75) is 31.5 Å². The average molecular weight is 218 g/mol. The lowest BCUT2D eigenvalue weighted by atomic mass is 9.98. The predicted octanol–water partition coefficient (Wildman–Crippen LogP) is 2.22. The highest BCUT2D eigenvalue weighted by molar-refractivity contribution is 5.49. The molecule has 0 bridgehead atoms. The summed E-state index contributed by atoms with van der Waals surface area (Å²) in [7, 11) is 0. The van der Waals surface area contributed by atoms with E-state index in [-0.39, 0.29) is 12.0 Å². The van der Waals surface area contributed by atoms with Crippen molar-refractivity contribution in [3.63, 3.8) is 0 Å². The van der Waals surface area contributed by atoms with Crippen molar-refractivity contribution in [3.8, 4) is 0 Å². The molecular formula is C14H18O2. The summed E-state index contributed by atoms with van der Waals surface area (Å²) in [5, 5.41) is 19.6. The van der Waals surface area contributed by atoms with Gasteiger partial charge in [-0.15, -0.1) is 0 Å². The molecule has 0 heterocycles.